The summed E-state index contributed by atoms with van der Waals surface area (Å²) in [5, 5.41) is 0.271. The Balaban J connectivity index is 1.45. The van der Waals surface area contributed by atoms with Crippen molar-refractivity contribution < 1.29 is 37.7 Å². The third-order valence-corrected chi connectivity index (χ3v) is 8.28. The highest BCUT2D eigenvalue weighted by atomic mass is 79.9. The number of esters is 3. The Morgan fingerprint density at radius 3 is 1.76 bits per heavy atom. The van der Waals surface area contributed by atoms with Gasteiger partial charge in [-0.05, 0) is 64.5 Å². The number of fused-ring (bicyclic) bond motifs is 1. The second kappa shape index (κ2) is 13.1. The summed E-state index contributed by atoms with van der Waals surface area (Å²) in [6, 6.07) is 27.4. The first-order valence-electron chi connectivity index (χ1n) is 13.7. The largest absolute Gasteiger partial charge is 0.452 e. The Morgan fingerprint density at radius 1 is 0.733 bits per heavy atom. The maximum absolute atomic E-state index is 13.5. The van der Waals surface area contributed by atoms with Crippen LogP contribution in [0.2, 0.25) is 5.02 Å². The Morgan fingerprint density at radius 2 is 1.22 bits per heavy atom. The fourth-order valence-corrected chi connectivity index (χ4v) is 5.41. The molecule has 12 heteroatoms. The van der Waals surface area contributed by atoms with E-state index in [1.54, 1.807) is 78.9 Å². The Bertz CT molecular complexity index is 1910. The van der Waals surface area contributed by atoms with Gasteiger partial charge in [0.05, 0.1) is 33.8 Å². The smallest absolute Gasteiger partial charge is 0.422 e. The number of halogens is 2. The number of hydrogen-bond donors (Lipinski definition) is 0. The van der Waals surface area contributed by atoms with Crippen LogP contribution in [0.1, 0.15) is 37.3 Å². The molecular weight excluding hydrogens is 670 g/mol. The van der Waals surface area contributed by atoms with Gasteiger partial charge in [-0.2, -0.15) is 0 Å². The molecule has 0 radical (unpaired) electrons. The molecule has 1 saturated heterocycles. The van der Waals surface area contributed by atoms with Gasteiger partial charge >= 0.3 is 23.7 Å². The van der Waals surface area contributed by atoms with E-state index >= 15 is 0 Å². The molecule has 45 heavy (non-hydrogen) atoms. The van der Waals surface area contributed by atoms with Crippen LogP contribution in [0.5, 0.6) is 0 Å². The van der Waals surface area contributed by atoms with E-state index in [-0.39, 0.29) is 39.4 Å². The van der Waals surface area contributed by atoms with Crippen molar-refractivity contribution in [1.82, 2.24) is 4.57 Å². The summed E-state index contributed by atoms with van der Waals surface area (Å²) in [5.41, 5.74) is 1.02. The number of benzene rings is 4. The van der Waals surface area contributed by atoms with Crippen LogP contribution in [0.15, 0.2) is 117 Å². The summed E-state index contributed by atoms with van der Waals surface area (Å²) < 4.78 is 30.9. The quantitative estimate of drug-likeness (QED) is 0.145. The normalized spacial score (nSPS) is 19.5. The number of nitrogens with zero attached hydrogens (tertiary/aromatic N) is 1. The minimum Gasteiger partial charge on any atom is -0.452 e. The predicted molar refractivity (Wildman–Crippen MR) is 165 cm³/mol. The monoisotopic (exact) mass is 691 g/mol. The average Bonchev–Trinajstić information content (AvgIpc) is 3.37. The summed E-state index contributed by atoms with van der Waals surface area (Å²) >= 11 is 9.67. The third-order valence-electron chi connectivity index (χ3n) is 7.09. The van der Waals surface area contributed by atoms with Crippen molar-refractivity contribution in [3.8, 4) is 0 Å². The van der Waals surface area contributed by atoms with Crippen molar-refractivity contribution >= 4 is 56.5 Å². The molecule has 10 nitrogen and oxygen atoms in total. The van der Waals surface area contributed by atoms with Gasteiger partial charge in [-0.3, -0.25) is 0 Å². The van der Waals surface area contributed by atoms with Gasteiger partial charge in [-0.15, -0.1) is 0 Å². The average molecular weight is 693 g/mol. The number of ether oxygens (including phenoxy) is 4. The SMILES string of the molecule is O=C(O[C@@H]1[C@H](OC(=O)c2ccccc2)[C@H](OC(=O)c2ccccc2)CO[C@@H]1n1c(=O)oc2cc(Br)c(Cl)cc21)c1ccccc1. The Hall–Kier alpha value is -4.71. The van der Waals surface area contributed by atoms with Crippen molar-refractivity contribution in [3.05, 3.63) is 140 Å². The maximum atomic E-state index is 13.5. The Labute approximate surface area is 269 Å². The zero-order chi connectivity index (χ0) is 31.5. The number of carbonyl (C=O) groups excluding carboxylic acids is 3. The summed E-state index contributed by atoms with van der Waals surface area (Å²) in [6.07, 6.45) is -5.57. The second-order valence-corrected chi connectivity index (χ2v) is 11.2. The third kappa shape index (κ3) is 6.41. The first kappa shape index (κ1) is 30.3. The van der Waals surface area contributed by atoms with E-state index in [4.69, 9.17) is 35.0 Å². The zero-order valence-electron chi connectivity index (χ0n) is 23.2. The molecule has 6 rings (SSSR count). The van der Waals surface area contributed by atoms with Crippen molar-refractivity contribution in [2.24, 2.45) is 0 Å². The van der Waals surface area contributed by atoms with E-state index in [1.807, 2.05) is 0 Å². The van der Waals surface area contributed by atoms with Crippen LogP contribution < -0.4 is 5.76 Å². The van der Waals surface area contributed by atoms with Gasteiger partial charge in [0.2, 0.25) is 0 Å². The van der Waals surface area contributed by atoms with Gasteiger partial charge in [-0.25, -0.2) is 23.7 Å². The first-order valence-corrected chi connectivity index (χ1v) is 14.9. The lowest BCUT2D eigenvalue weighted by molar-refractivity contribution is -0.212. The number of carbonyl (C=O) groups is 3. The molecule has 0 amide bonds. The van der Waals surface area contributed by atoms with Gasteiger partial charge < -0.3 is 23.4 Å². The van der Waals surface area contributed by atoms with Crippen molar-refractivity contribution in [1.29, 1.82) is 0 Å². The fraction of sp³-hybridized carbons (Fsp3) is 0.152. The van der Waals surface area contributed by atoms with E-state index in [0.717, 1.165) is 4.57 Å². The van der Waals surface area contributed by atoms with Gasteiger partial charge in [0, 0.05) is 4.47 Å². The minimum absolute atomic E-state index is 0.170. The van der Waals surface area contributed by atoms with E-state index in [2.05, 4.69) is 15.9 Å². The molecule has 4 aromatic carbocycles. The summed E-state index contributed by atoms with van der Waals surface area (Å²) in [6.45, 7) is -0.335. The number of aromatic nitrogens is 1. The molecule has 228 valence electrons. The van der Waals surface area contributed by atoms with Gasteiger partial charge in [0.1, 0.15) is 0 Å². The highest BCUT2D eigenvalue weighted by molar-refractivity contribution is 9.10. The molecule has 1 aliphatic rings. The molecule has 1 aromatic heterocycles. The number of rotatable bonds is 7. The molecule has 0 N–H and O–H groups in total. The lowest BCUT2D eigenvalue weighted by Gasteiger charge is -2.40. The van der Waals surface area contributed by atoms with Crippen LogP contribution in [0.4, 0.5) is 0 Å². The van der Waals surface area contributed by atoms with E-state index < -0.39 is 48.2 Å². The van der Waals surface area contributed by atoms with Crippen molar-refractivity contribution in [2.45, 2.75) is 24.5 Å². The lowest BCUT2D eigenvalue weighted by Crippen LogP contribution is -2.56. The standard InChI is InChI=1S/C33H23BrClNO9/c34-22-16-25-24(17-23(22)35)36(33(40)43-25)29-28(45-32(39)21-14-8-3-9-15-21)27(44-31(38)20-12-6-2-7-13-20)26(18-41-29)42-30(37)19-10-4-1-5-11-19/h1-17,26-29H,18H2/t26-,27-,28-,29+/m1/s1. The molecule has 0 aliphatic carbocycles. The molecule has 2 heterocycles. The van der Waals surface area contributed by atoms with Crippen molar-refractivity contribution in [3.63, 3.8) is 0 Å². The van der Waals surface area contributed by atoms with E-state index in [0.29, 0.717) is 4.47 Å². The highest BCUT2D eigenvalue weighted by Gasteiger charge is 2.50. The van der Waals surface area contributed by atoms with Crippen LogP contribution in [0.3, 0.4) is 0 Å². The molecule has 0 saturated carbocycles. The summed E-state index contributed by atoms with van der Waals surface area (Å²) in [7, 11) is 0. The molecule has 0 bridgehead atoms. The summed E-state index contributed by atoms with van der Waals surface area (Å²) in [4.78, 5) is 53.3. The Kier molecular flexibility index (Phi) is 8.83. The lowest BCUT2D eigenvalue weighted by atomic mass is 10.0. The molecule has 4 atom stereocenters. The van der Waals surface area contributed by atoms with Gasteiger partial charge in [0.25, 0.3) is 0 Å². The molecule has 1 aliphatic heterocycles. The zero-order valence-corrected chi connectivity index (χ0v) is 25.6. The fourth-order valence-electron chi connectivity index (χ4n) is 4.93. The molecule has 5 aromatic rings. The van der Waals surface area contributed by atoms with Crippen LogP contribution >= 0.6 is 27.5 Å². The topological polar surface area (TPSA) is 123 Å². The minimum atomic E-state index is -1.51. The summed E-state index contributed by atoms with van der Waals surface area (Å²) in [5.74, 6) is -3.15. The maximum Gasteiger partial charge on any atom is 0.422 e. The molecule has 0 unspecified atom stereocenters. The van der Waals surface area contributed by atoms with Gasteiger partial charge in [-0.1, -0.05) is 66.2 Å². The molecular formula is C33H23BrClNO9. The number of hydrogen-bond acceptors (Lipinski definition) is 9. The van der Waals surface area contributed by atoms with E-state index in [1.165, 1.54) is 24.3 Å². The molecule has 0 spiro atoms. The number of oxazole rings is 1. The van der Waals surface area contributed by atoms with Crippen LogP contribution in [-0.4, -0.2) is 47.4 Å². The van der Waals surface area contributed by atoms with E-state index in [9.17, 15) is 19.2 Å². The molecule has 1 fully saturated rings. The van der Waals surface area contributed by atoms with Crippen LogP contribution in [0.25, 0.3) is 11.1 Å². The highest BCUT2D eigenvalue weighted by Crippen LogP contribution is 2.35. The van der Waals surface area contributed by atoms with Gasteiger partial charge in [0.15, 0.2) is 30.1 Å². The second-order valence-electron chi connectivity index (χ2n) is 9.98. The predicted octanol–water partition coefficient (Wildman–Crippen LogP) is 6.22. The van der Waals surface area contributed by atoms with Crippen LogP contribution in [-0.2, 0) is 18.9 Å². The first-order chi connectivity index (χ1) is 21.8. The van der Waals surface area contributed by atoms with Crippen molar-refractivity contribution in [2.75, 3.05) is 6.61 Å². The van der Waals surface area contributed by atoms with Crippen LogP contribution in [0, 0.1) is 0 Å².